The average molecular weight is 234 g/mol. The van der Waals surface area contributed by atoms with Gasteiger partial charge in [-0.2, -0.15) is 0 Å². The maximum Gasteiger partial charge on any atom is 0.414 e. The van der Waals surface area contributed by atoms with Gasteiger partial charge in [-0.25, -0.2) is 4.79 Å². The van der Waals surface area contributed by atoms with Gasteiger partial charge in [-0.15, -0.1) is 0 Å². The Kier molecular flexibility index (Phi) is 3.22. The third kappa shape index (κ3) is 2.52. The Morgan fingerprint density at radius 1 is 1.41 bits per heavy atom. The Morgan fingerprint density at radius 3 is 2.88 bits per heavy atom. The molecule has 1 aromatic carbocycles. The van der Waals surface area contributed by atoms with Crippen LogP contribution in [0.2, 0.25) is 0 Å². The van der Waals surface area contributed by atoms with E-state index in [9.17, 15) is 4.79 Å². The lowest BCUT2D eigenvalue weighted by Crippen LogP contribution is -2.26. The third-order valence-electron chi connectivity index (χ3n) is 2.97. The van der Waals surface area contributed by atoms with E-state index >= 15 is 0 Å². The van der Waals surface area contributed by atoms with Crippen molar-refractivity contribution in [2.45, 2.75) is 12.8 Å². The Balaban J connectivity index is 2.19. The van der Waals surface area contributed by atoms with Crippen LogP contribution >= 0.6 is 0 Å². The van der Waals surface area contributed by atoms with Gasteiger partial charge in [-0.05, 0) is 36.6 Å². The fraction of sp³-hybridized carbons (Fsp3) is 0.462. The molecule has 0 saturated carbocycles. The molecule has 0 radical (unpaired) electrons. The fourth-order valence-electron chi connectivity index (χ4n) is 2.02. The smallest absolute Gasteiger partial charge is 0.410 e. The van der Waals surface area contributed by atoms with Gasteiger partial charge in [0.15, 0.2) is 0 Å². The molecule has 0 saturated heterocycles. The van der Waals surface area contributed by atoms with Crippen LogP contribution in [0.3, 0.4) is 0 Å². The van der Waals surface area contributed by atoms with Gasteiger partial charge in [-0.1, -0.05) is 0 Å². The first-order valence-electron chi connectivity index (χ1n) is 5.81. The van der Waals surface area contributed by atoms with Crippen LogP contribution < -0.4 is 9.64 Å². The number of amides is 1. The molecule has 4 heteroatoms. The second-order valence-electron chi connectivity index (χ2n) is 4.58. The van der Waals surface area contributed by atoms with Crippen LogP contribution in [0.15, 0.2) is 18.2 Å². The van der Waals surface area contributed by atoms with Crippen LogP contribution in [0.25, 0.3) is 0 Å². The Morgan fingerprint density at radius 2 is 2.18 bits per heavy atom. The number of benzene rings is 1. The molecular formula is C13H18N2O2. The zero-order chi connectivity index (χ0) is 12.4. The molecule has 1 aliphatic rings. The number of hydrogen-bond donors (Lipinski definition) is 0. The highest BCUT2D eigenvalue weighted by Gasteiger charge is 2.15. The normalized spacial score (nSPS) is 14.2. The molecule has 0 N–H and O–H groups in total. The summed E-state index contributed by atoms with van der Waals surface area (Å²) in [6.45, 7) is 1.09. The van der Waals surface area contributed by atoms with Gasteiger partial charge < -0.3 is 14.5 Å². The van der Waals surface area contributed by atoms with E-state index in [4.69, 9.17) is 4.74 Å². The quantitative estimate of drug-likeness (QED) is 0.746. The highest BCUT2D eigenvalue weighted by molar-refractivity contribution is 5.70. The summed E-state index contributed by atoms with van der Waals surface area (Å²) < 4.78 is 5.25. The number of carbonyl (C=O) groups excluding carboxylic acids is 1. The van der Waals surface area contributed by atoms with E-state index in [1.165, 1.54) is 16.2 Å². The number of carbonyl (C=O) groups is 1. The second kappa shape index (κ2) is 4.65. The number of rotatable bonds is 1. The van der Waals surface area contributed by atoms with Crippen LogP contribution in [-0.4, -0.2) is 38.7 Å². The van der Waals surface area contributed by atoms with E-state index in [0.29, 0.717) is 5.75 Å². The van der Waals surface area contributed by atoms with Crippen molar-refractivity contribution in [2.24, 2.45) is 0 Å². The molecule has 0 aromatic heterocycles. The molecule has 0 fully saturated rings. The lowest BCUT2D eigenvalue weighted by atomic mass is 10.0. The molecule has 1 heterocycles. The molecule has 0 bridgehead atoms. The highest BCUT2D eigenvalue weighted by atomic mass is 16.6. The van der Waals surface area contributed by atoms with Crippen molar-refractivity contribution in [3.63, 3.8) is 0 Å². The van der Waals surface area contributed by atoms with Crippen molar-refractivity contribution in [1.82, 2.24) is 4.90 Å². The molecule has 0 aliphatic carbocycles. The summed E-state index contributed by atoms with van der Waals surface area (Å²) in [7, 11) is 5.44. The van der Waals surface area contributed by atoms with Gasteiger partial charge in [0.1, 0.15) is 5.75 Å². The Hall–Kier alpha value is -1.71. The molecule has 1 aromatic rings. The van der Waals surface area contributed by atoms with E-state index < -0.39 is 0 Å². The van der Waals surface area contributed by atoms with Crippen LogP contribution in [-0.2, 0) is 6.42 Å². The van der Waals surface area contributed by atoms with Crippen molar-refractivity contribution in [2.75, 3.05) is 32.6 Å². The first-order valence-corrected chi connectivity index (χ1v) is 5.81. The SMILES string of the molecule is CN(C)C(=O)Oc1ccc2c(c1)CCCN2C. The summed E-state index contributed by atoms with van der Waals surface area (Å²) in [5, 5.41) is 0. The summed E-state index contributed by atoms with van der Waals surface area (Å²) in [6.07, 6.45) is 1.86. The summed E-state index contributed by atoms with van der Waals surface area (Å²) in [5.74, 6) is 0.623. The standard InChI is InChI=1S/C13H18N2O2/c1-14(2)13(16)17-11-6-7-12-10(9-11)5-4-8-15(12)3/h6-7,9H,4-5,8H2,1-3H3. The van der Waals surface area contributed by atoms with Crippen LogP contribution in [0.5, 0.6) is 5.75 Å². The molecule has 0 spiro atoms. The van der Waals surface area contributed by atoms with Gasteiger partial charge in [0.05, 0.1) is 0 Å². The van der Waals surface area contributed by atoms with Crippen molar-refractivity contribution in [1.29, 1.82) is 0 Å². The number of aryl methyl sites for hydroxylation is 1. The van der Waals surface area contributed by atoms with E-state index in [0.717, 1.165) is 19.4 Å². The van der Waals surface area contributed by atoms with Crippen LogP contribution in [0, 0.1) is 0 Å². The summed E-state index contributed by atoms with van der Waals surface area (Å²) >= 11 is 0. The van der Waals surface area contributed by atoms with Crippen molar-refractivity contribution in [3.05, 3.63) is 23.8 Å². The largest absolute Gasteiger partial charge is 0.414 e. The predicted octanol–water partition coefficient (Wildman–Crippen LogP) is 2.13. The molecule has 0 atom stereocenters. The predicted molar refractivity (Wildman–Crippen MR) is 67.7 cm³/mol. The fourth-order valence-corrected chi connectivity index (χ4v) is 2.02. The molecule has 4 nitrogen and oxygen atoms in total. The van der Waals surface area contributed by atoms with Gasteiger partial charge in [0, 0.05) is 33.4 Å². The number of fused-ring (bicyclic) bond motifs is 1. The van der Waals surface area contributed by atoms with Crippen molar-refractivity contribution >= 4 is 11.8 Å². The van der Waals surface area contributed by atoms with Gasteiger partial charge in [-0.3, -0.25) is 0 Å². The Bertz CT molecular complexity index is 429. The zero-order valence-corrected chi connectivity index (χ0v) is 10.6. The first kappa shape index (κ1) is 11.8. The second-order valence-corrected chi connectivity index (χ2v) is 4.58. The zero-order valence-electron chi connectivity index (χ0n) is 10.6. The highest BCUT2D eigenvalue weighted by Crippen LogP contribution is 2.29. The topological polar surface area (TPSA) is 32.8 Å². The maximum absolute atomic E-state index is 11.4. The molecule has 17 heavy (non-hydrogen) atoms. The number of hydrogen-bond acceptors (Lipinski definition) is 3. The summed E-state index contributed by atoms with van der Waals surface area (Å²) in [4.78, 5) is 15.1. The van der Waals surface area contributed by atoms with Gasteiger partial charge >= 0.3 is 6.09 Å². The van der Waals surface area contributed by atoms with E-state index in [2.05, 4.69) is 11.9 Å². The maximum atomic E-state index is 11.4. The minimum Gasteiger partial charge on any atom is -0.410 e. The monoisotopic (exact) mass is 234 g/mol. The molecule has 1 amide bonds. The molecule has 1 aliphatic heterocycles. The summed E-state index contributed by atoms with van der Waals surface area (Å²) in [5.41, 5.74) is 2.49. The van der Waals surface area contributed by atoms with E-state index in [1.54, 1.807) is 14.1 Å². The van der Waals surface area contributed by atoms with Gasteiger partial charge in [0.2, 0.25) is 0 Å². The molecule has 0 unspecified atom stereocenters. The van der Waals surface area contributed by atoms with Gasteiger partial charge in [0.25, 0.3) is 0 Å². The van der Waals surface area contributed by atoms with Crippen molar-refractivity contribution < 1.29 is 9.53 Å². The van der Waals surface area contributed by atoms with Crippen LogP contribution in [0.1, 0.15) is 12.0 Å². The molecule has 2 rings (SSSR count). The number of ether oxygens (including phenoxy) is 1. The lowest BCUT2D eigenvalue weighted by Gasteiger charge is -2.27. The third-order valence-corrected chi connectivity index (χ3v) is 2.97. The van der Waals surface area contributed by atoms with E-state index in [-0.39, 0.29) is 6.09 Å². The minimum absolute atomic E-state index is 0.339. The molecule has 92 valence electrons. The summed E-state index contributed by atoms with van der Waals surface area (Å²) in [6, 6.07) is 5.83. The minimum atomic E-state index is -0.339. The number of nitrogens with zero attached hydrogens (tertiary/aromatic N) is 2. The average Bonchev–Trinajstić information content (AvgIpc) is 2.29. The van der Waals surface area contributed by atoms with Crippen molar-refractivity contribution in [3.8, 4) is 5.75 Å². The van der Waals surface area contributed by atoms with E-state index in [1.807, 2.05) is 18.2 Å². The molecular weight excluding hydrogens is 216 g/mol. The Labute approximate surface area is 102 Å². The number of anilines is 1. The van der Waals surface area contributed by atoms with Crippen LogP contribution in [0.4, 0.5) is 10.5 Å². The first-order chi connectivity index (χ1) is 8.08. The lowest BCUT2D eigenvalue weighted by molar-refractivity contribution is 0.172.